The third-order valence-corrected chi connectivity index (χ3v) is 3.50. The average molecular weight is 194 g/mol. The summed E-state index contributed by atoms with van der Waals surface area (Å²) >= 11 is 0. The number of fused-ring (bicyclic) bond motifs is 2. The van der Waals surface area contributed by atoms with Crippen molar-refractivity contribution in [1.82, 2.24) is 0 Å². The first-order valence-electron chi connectivity index (χ1n) is 5.03. The lowest BCUT2D eigenvalue weighted by Gasteiger charge is -2.41. The molecule has 0 aliphatic heterocycles. The van der Waals surface area contributed by atoms with Crippen molar-refractivity contribution < 1.29 is 14.7 Å². The number of aliphatic carboxylic acids is 1. The topological polar surface area (TPSA) is 54.4 Å². The lowest BCUT2D eigenvalue weighted by molar-refractivity contribution is -0.151. The van der Waals surface area contributed by atoms with Gasteiger partial charge in [-0.1, -0.05) is 12.2 Å². The Morgan fingerprint density at radius 2 is 1.64 bits per heavy atom. The minimum atomic E-state index is -0.816. The van der Waals surface area contributed by atoms with Crippen LogP contribution in [0.5, 0.6) is 0 Å². The monoisotopic (exact) mass is 194 g/mol. The SMILES string of the molecule is CC(=O)[C@H]1[C@H](C(=O)O)[C@@H]2C=C[C@H]1CC2. The number of carboxylic acid groups (broad SMARTS) is 1. The van der Waals surface area contributed by atoms with Crippen LogP contribution < -0.4 is 0 Å². The molecule has 4 atom stereocenters. The molecule has 3 heteroatoms. The van der Waals surface area contributed by atoms with Crippen LogP contribution in [0.4, 0.5) is 0 Å². The highest BCUT2D eigenvalue weighted by atomic mass is 16.4. The molecule has 0 saturated heterocycles. The summed E-state index contributed by atoms with van der Waals surface area (Å²) in [6.45, 7) is 1.51. The predicted molar refractivity (Wildman–Crippen MR) is 50.7 cm³/mol. The summed E-state index contributed by atoms with van der Waals surface area (Å²) in [6, 6.07) is 0. The van der Waals surface area contributed by atoms with Crippen molar-refractivity contribution in [1.29, 1.82) is 0 Å². The van der Waals surface area contributed by atoms with Gasteiger partial charge >= 0.3 is 5.97 Å². The minimum Gasteiger partial charge on any atom is -0.481 e. The summed E-state index contributed by atoms with van der Waals surface area (Å²) in [5.74, 6) is -1.31. The van der Waals surface area contributed by atoms with Crippen molar-refractivity contribution >= 4 is 11.8 Å². The molecule has 0 radical (unpaired) electrons. The molecule has 0 aromatic carbocycles. The maximum Gasteiger partial charge on any atom is 0.307 e. The molecule has 1 fully saturated rings. The first kappa shape index (κ1) is 9.44. The number of allylic oxidation sites excluding steroid dienone is 2. The van der Waals surface area contributed by atoms with Crippen LogP contribution in [0.1, 0.15) is 19.8 Å². The third kappa shape index (κ3) is 1.27. The molecule has 0 heterocycles. The fourth-order valence-corrected chi connectivity index (χ4v) is 2.89. The first-order chi connectivity index (χ1) is 6.61. The molecule has 14 heavy (non-hydrogen) atoms. The Kier molecular flexibility index (Phi) is 2.17. The second-order valence-electron chi connectivity index (χ2n) is 4.29. The summed E-state index contributed by atoms with van der Waals surface area (Å²) in [6.07, 6.45) is 5.89. The van der Waals surface area contributed by atoms with Gasteiger partial charge in [-0.3, -0.25) is 9.59 Å². The quantitative estimate of drug-likeness (QED) is 0.677. The van der Waals surface area contributed by atoms with E-state index >= 15 is 0 Å². The van der Waals surface area contributed by atoms with Crippen molar-refractivity contribution in [3.8, 4) is 0 Å². The Bertz CT molecular complexity index is 276. The minimum absolute atomic E-state index is 0.0245. The molecular weight excluding hydrogens is 180 g/mol. The van der Waals surface area contributed by atoms with Gasteiger partial charge in [0.2, 0.25) is 0 Å². The van der Waals surface area contributed by atoms with Gasteiger partial charge < -0.3 is 5.11 Å². The van der Waals surface area contributed by atoms with E-state index in [-0.39, 0.29) is 23.5 Å². The van der Waals surface area contributed by atoms with E-state index in [1.165, 1.54) is 6.92 Å². The van der Waals surface area contributed by atoms with Crippen LogP contribution in [0.15, 0.2) is 12.2 Å². The van der Waals surface area contributed by atoms with Crippen LogP contribution in [-0.4, -0.2) is 16.9 Å². The van der Waals surface area contributed by atoms with E-state index in [0.717, 1.165) is 12.8 Å². The summed E-state index contributed by atoms with van der Waals surface area (Å²) in [7, 11) is 0. The summed E-state index contributed by atoms with van der Waals surface area (Å²) < 4.78 is 0. The fraction of sp³-hybridized carbons (Fsp3) is 0.636. The van der Waals surface area contributed by atoms with Crippen LogP contribution in [0, 0.1) is 23.7 Å². The van der Waals surface area contributed by atoms with Crippen LogP contribution in [0.3, 0.4) is 0 Å². The highest BCUT2D eigenvalue weighted by Gasteiger charge is 2.46. The molecule has 0 aromatic rings. The highest BCUT2D eigenvalue weighted by Crippen LogP contribution is 2.45. The second kappa shape index (κ2) is 3.23. The largest absolute Gasteiger partial charge is 0.481 e. The van der Waals surface area contributed by atoms with Gasteiger partial charge in [-0.15, -0.1) is 0 Å². The van der Waals surface area contributed by atoms with Crippen LogP contribution in [-0.2, 0) is 9.59 Å². The van der Waals surface area contributed by atoms with Gasteiger partial charge in [0, 0.05) is 5.92 Å². The van der Waals surface area contributed by atoms with Crippen LogP contribution in [0.2, 0.25) is 0 Å². The Morgan fingerprint density at radius 1 is 1.14 bits per heavy atom. The zero-order valence-electron chi connectivity index (χ0n) is 8.14. The van der Waals surface area contributed by atoms with E-state index in [1.54, 1.807) is 0 Å². The number of carboxylic acids is 1. The van der Waals surface area contributed by atoms with E-state index in [1.807, 2.05) is 12.2 Å². The Labute approximate surface area is 82.8 Å². The number of Topliss-reactive ketones (excluding diaryl/α,β-unsaturated/α-hetero) is 1. The van der Waals surface area contributed by atoms with E-state index in [9.17, 15) is 9.59 Å². The highest BCUT2D eigenvalue weighted by molar-refractivity contribution is 5.86. The number of hydrogen-bond donors (Lipinski definition) is 1. The molecule has 3 aliphatic carbocycles. The predicted octanol–water partition coefficient (Wildman–Crippen LogP) is 1.49. The van der Waals surface area contributed by atoms with Gasteiger partial charge in [-0.2, -0.15) is 0 Å². The lowest BCUT2D eigenvalue weighted by Crippen LogP contribution is -2.44. The van der Waals surface area contributed by atoms with E-state index in [0.29, 0.717) is 0 Å². The molecule has 0 unspecified atom stereocenters. The molecule has 3 aliphatic rings. The number of ketones is 1. The van der Waals surface area contributed by atoms with E-state index in [2.05, 4.69) is 0 Å². The molecule has 0 amide bonds. The number of carbonyl (C=O) groups excluding carboxylic acids is 1. The number of carbonyl (C=O) groups is 2. The first-order valence-corrected chi connectivity index (χ1v) is 5.03. The summed E-state index contributed by atoms with van der Waals surface area (Å²) in [5, 5.41) is 9.09. The second-order valence-corrected chi connectivity index (χ2v) is 4.29. The van der Waals surface area contributed by atoms with Gasteiger partial charge in [0.25, 0.3) is 0 Å². The molecule has 1 N–H and O–H groups in total. The van der Waals surface area contributed by atoms with Crippen molar-refractivity contribution in [2.24, 2.45) is 23.7 Å². The Balaban J connectivity index is 2.33. The molecule has 0 spiro atoms. The zero-order chi connectivity index (χ0) is 10.3. The molecule has 1 saturated carbocycles. The molecule has 2 bridgehead atoms. The Hall–Kier alpha value is -1.12. The number of rotatable bonds is 2. The van der Waals surface area contributed by atoms with Crippen LogP contribution >= 0.6 is 0 Å². The van der Waals surface area contributed by atoms with Gasteiger partial charge in [-0.05, 0) is 31.6 Å². The normalized spacial score (nSPS) is 39.8. The molecule has 76 valence electrons. The zero-order valence-corrected chi connectivity index (χ0v) is 8.14. The third-order valence-electron chi connectivity index (χ3n) is 3.50. The smallest absolute Gasteiger partial charge is 0.307 e. The maximum absolute atomic E-state index is 11.4. The number of hydrogen-bond acceptors (Lipinski definition) is 2. The van der Waals surface area contributed by atoms with Crippen LogP contribution in [0.25, 0.3) is 0 Å². The molecule has 3 nitrogen and oxygen atoms in total. The van der Waals surface area contributed by atoms with Crippen molar-refractivity contribution in [3.63, 3.8) is 0 Å². The van der Waals surface area contributed by atoms with E-state index < -0.39 is 11.9 Å². The van der Waals surface area contributed by atoms with Crippen molar-refractivity contribution in [2.75, 3.05) is 0 Å². The van der Waals surface area contributed by atoms with Gasteiger partial charge in [0.1, 0.15) is 5.78 Å². The average Bonchev–Trinajstić information content (AvgIpc) is 2.17. The lowest BCUT2D eigenvalue weighted by atomic mass is 9.61. The molecular formula is C11H14O3. The van der Waals surface area contributed by atoms with Gasteiger partial charge in [-0.25, -0.2) is 0 Å². The maximum atomic E-state index is 11.4. The molecule has 0 aromatic heterocycles. The summed E-state index contributed by atoms with van der Waals surface area (Å²) in [5.41, 5.74) is 0. The van der Waals surface area contributed by atoms with Crippen molar-refractivity contribution in [2.45, 2.75) is 19.8 Å². The molecule has 3 rings (SSSR count). The van der Waals surface area contributed by atoms with E-state index in [4.69, 9.17) is 5.11 Å². The Morgan fingerprint density at radius 3 is 1.93 bits per heavy atom. The summed E-state index contributed by atoms with van der Waals surface area (Å²) in [4.78, 5) is 22.5. The van der Waals surface area contributed by atoms with Crippen molar-refractivity contribution in [3.05, 3.63) is 12.2 Å². The standard InChI is InChI=1S/C11H14O3/c1-6(12)9-7-2-4-8(5-3-7)10(9)11(13)14/h2,4,7-10H,3,5H2,1H3,(H,13,14)/t7-,8+,9+,10+/m0/s1. The van der Waals surface area contributed by atoms with Gasteiger partial charge in [0.15, 0.2) is 0 Å². The van der Waals surface area contributed by atoms with Gasteiger partial charge in [0.05, 0.1) is 5.92 Å². The fourth-order valence-electron chi connectivity index (χ4n) is 2.89.